The second-order valence-electron chi connectivity index (χ2n) is 6.25. The second-order valence-corrected chi connectivity index (χ2v) is 6.25. The monoisotopic (exact) mass is 318 g/mol. The Morgan fingerprint density at radius 3 is 2.48 bits per heavy atom. The van der Waals surface area contributed by atoms with Crippen molar-refractivity contribution < 1.29 is 14.7 Å². The van der Waals surface area contributed by atoms with Gasteiger partial charge in [-0.3, -0.25) is 0 Å². The van der Waals surface area contributed by atoms with E-state index in [0.717, 1.165) is 25.7 Å². The summed E-state index contributed by atoms with van der Waals surface area (Å²) < 4.78 is 0. The molecular weight excluding hydrogens is 292 g/mol. The molecule has 2 N–H and O–H groups in total. The fourth-order valence-electron chi connectivity index (χ4n) is 3.07. The van der Waals surface area contributed by atoms with E-state index < -0.39 is 12.0 Å². The summed E-state index contributed by atoms with van der Waals surface area (Å²) in [6, 6.07) is 9.38. The largest absolute Gasteiger partial charge is 0.480 e. The molecule has 1 atom stereocenters. The molecule has 1 heterocycles. The number of benzene rings is 1. The van der Waals surface area contributed by atoms with E-state index in [2.05, 4.69) is 29.6 Å². The van der Waals surface area contributed by atoms with Gasteiger partial charge in [0, 0.05) is 13.1 Å². The molecule has 5 heteroatoms. The van der Waals surface area contributed by atoms with Crippen LogP contribution >= 0.6 is 0 Å². The summed E-state index contributed by atoms with van der Waals surface area (Å²) in [5, 5.41) is 11.8. The smallest absolute Gasteiger partial charge is 0.326 e. The average Bonchev–Trinajstić information content (AvgIpc) is 2.56. The van der Waals surface area contributed by atoms with Crippen molar-refractivity contribution in [1.82, 2.24) is 10.2 Å². The van der Waals surface area contributed by atoms with Gasteiger partial charge in [0.05, 0.1) is 0 Å². The van der Waals surface area contributed by atoms with Gasteiger partial charge in [-0.15, -0.1) is 0 Å². The molecule has 0 aliphatic carbocycles. The lowest BCUT2D eigenvalue weighted by atomic mass is 9.90. The molecule has 1 aromatic carbocycles. The number of rotatable bonds is 6. The molecule has 1 aliphatic rings. The van der Waals surface area contributed by atoms with Gasteiger partial charge < -0.3 is 15.3 Å². The molecule has 23 heavy (non-hydrogen) atoms. The molecule has 1 saturated heterocycles. The maximum atomic E-state index is 12.2. The van der Waals surface area contributed by atoms with Crippen molar-refractivity contribution in [2.75, 3.05) is 13.1 Å². The molecular formula is C18H26N2O3. The Kier molecular flexibility index (Phi) is 6.44. The van der Waals surface area contributed by atoms with Crippen LogP contribution in [0.3, 0.4) is 0 Å². The lowest BCUT2D eigenvalue weighted by molar-refractivity contribution is -0.139. The minimum Gasteiger partial charge on any atom is -0.480 e. The Balaban J connectivity index is 1.79. The summed E-state index contributed by atoms with van der Waals surface area (Å²) in [5.41, 5.74) is 1.34. The molecule has 1 aromatic rings. The quantitative estimate of drug-likeness (QED) is 0.847. The van der Waals surface area contributed by atoms with Crippen LogP contribution in [-0.4, -0.2) is 41.1 Å². The number of nitrogens with zero attached hydrogens (tertiary/aromatic N) is 1. The molecule has 2 amide bonds. The maximum Gasteiger partial charge on any atom is 0.326 e. The number of carbonyl (C=O) groups is 2. The Morgan fingerprint density at radius 1 is 1.26 bits per heavy atom. The summed E-state index contributed by atoms with van der Waals surface area (Å²) in [4.78, 5) is 25.1. The van der Waals surface area contributed by atoms with Gasteiger partial charge >= 0.3 is 12.0 Å². The van der Waals surface area contributed by atoms with Crippen LogP contribution in [0.1, 0.15) is 38.2 Å². The van der Waals surface area contributed by atoms with Crippen molar-refractivity contribution in [3.05, 3.63) is 35.9 Å². The summed E-state index contributed by atoms with van der Waals surface area (Å²) in [7, 11) is 0. The van der Waals surface area contributed by atoms with Crippen LogP contribution in [-0.2, 0) is 11.2 Å². The van der Waals surface area contributed by atoms with Gasteiger partial charge in [-0.2, -0.15) is 0 Å². The van der Waals surface area contributed by atoms with Crippen molar-refractivity contribution >= 4 is 12.0 Å². The first-order valence-electron chi connectivity index (χ1n) is 8.42. The highest BCUT2D eigenvalue weighted by Gasteiger charge is 2.26. The minimum atomic E-state index is -0.959. The minimum absolute atomic E-state index is 0.246. The summed E-state index contributed by atoms with van der Waals surface area (Å²) >= 11 is 0. The standard InChI is InChI=1S/C18H26N2O3/c1-2-6-16(17(21)22)19-18(23)20-11-9-15(10-12-20)13-14-7-4-3-5-8-14/h3-5,7-8,15-16H,2,6,9-13H2,1H3,(H,19,23)(H,21,22). The highest BCUT2D eigenvalue weighted by atomic mass is 16.4. The molecule has 1 unspecified atom stereocenters. The van der Waals surface area contributed by atoms with Gasteiger partial charge in [-0.25, -0.2) is 9.59 Å². The third-order valence-electron chi connectivity index (χ3n) is 4.44. The fraction of sp³-hybridized carbons (Fsp3) is 0.556. The predicted octanol–water partition coefficient (Wildman–Crippen LogP) is 2.90. The molecule has 0 radical (unpaired) electrons. The number of carbonyl (C=O) groups excluding carboxylic acids is 1. The molecule has 0 bridgehead atoms. The van der Waals surface area contributed by atoms with Crippen LogP contribution in [0.5, 0.6) is 0 Å². The van der Waals surface area contributed by atoms with E-state index in [1.54, 1.807) is 4.90 Å². The Labute approximate surface area is 137 Å². The average molecular weight is 318 g/mol. The summed E-state index contributed by atoms with van der Waals surface area (Å²) in [6.45, 7) is 3.31. The first kappa shape index (κ1) is 17.3. The fourth-order valence-corrected chi connectivity index (χ4v) is 3.07. The lowest BCUT2D eigenvalue weighted by Crippen LogP contribution is -2.50. The van der Waals surface area contributed by atoms with E-state index in [-0.39, 0.29) is 6.03 Å². The second kappa shape index (κ2) is 8.56. The van der Waals surface area contributed by atoms with Gasteiger partial charge in [0.1, 0.15) is 6.04 Å². The van der Waals surface area contributed by atoms with Crippen LogP contribution in [0.4, 0.5) is 4.79 Å². The van der Waals surface area contributed by atoms with E-state index in [4.69, 9.17) is 5.11 Å². The number of likely N-dealkylation sites (tertiary alicyclic amines) is 1. The van der Waals surface area contributed by atoms with E-state index in [1.807, 2.05) is 13.0 Å². The van der Waals surface area contributed by atoms with Crippen LogP contribution in [0.25, 0.3) is 0 Å². The third-order valence-corrected chi connectivity index (χ3v) is 4.44. The number of urea groups is 1. The van der Waals surface area contributed by atoms with Gasteiger partial charge in [0.15, 0.2) is 0 Å². The van der Waals surface area contributed by atoms with Gasteiger partial charge in [-0.1, -0.05) is 43.7 Å². The number of aliphatic carboxylic acids is 1. The summed E-state index contributed by atoms with van der Waals surface area (Å²) in [5.74, 6) is -0.369. The van der Waals surface area contributed by atoms with E-state index in [9.17, 15) is 9.59 Å². The van der Waals surface area contributed by atoms with Gasteiger partial charge in [0.25, 0.3) is 0 Å². The Hall–Kier alpha value is -2.04. The summed E-state index contributed by atoms with van der Waals surface area (Å²) in [6.07, 6.45) is 4.17. The number of amides is 2. The third kappa shape index (κ3) is 5.27. The molecule has 0 spiro atoms. The zero-order valence-corrected chi connectivity index (χ0v) is 13.7. The van der Waals surface area contributed by atoms with Crippen molar-refractivity contribution in [2.45, 2.75) is 45.1 Å². The maximum absolute atomic E-state index is 12.2. The number of piperidine rings is 1. The first-order valence-corrected chi connectivity index (χ1v) is 8.42. The number of carboxylic acids is 1. The molecule has 2 rings (SSSR count). The van der Waals surface area contributed by atoms with Crippen molar-refractivity contribution in [3.8, 4) is 0 Å². The zero-order valence-electron chi connectivity index (χ0n) is 13.7. The normalized spacial score (nSPS) is 16.8. The molecule has 5 nitrogen and oxygen atoms in total. The topological polar surface area (TPSA) is 69.6 Å². The number of nitrogens with one attached hydrogen (secondary N) is 1. The SMILES string of the molecule is CCCC(NC(=O)N1CCC(Cc2ccccc2)CC1)C(=O)O. The molecule has 0 aromatic heterocycles. The highest BCUT2D eigenvalue weighted by Crippen LogP contribution is 2.21. The van der Waals surface area contributed by atoms with E-state index >= 15 is 0 Å². The molecule has 1 aliphatic heterocycles. The number of hydrogen-bond acceptors (Lipinski definition) is 2. The molecule has 126 valence electrons. The zero-order chi connectivity index (χ0) is 16.7. The predicted molar refractivity (Wildman–Crippen MR) is 89.3 cm³/mol. The molecule has 1 fully saturated rings. The number of hydrogen-bond donors (Lipinski definition) is 2. The number of carboxylic acid groups (broad SMARTS) is 1. The first-order chi connectivity index (χ1) is 11.1. The van der Waals surface area contributed by atoms with Gasteiger partial charge in [-0.05, 0) is 37.2 Å². The molecule has 0 saturated carbocycles. The van der Waals surface area contributed by atoms with Crippen molar-refractivity contribution in [1.29, 1.82) is 0 Å². The van der Waals surface area contributed by atoms with Crippen LogP contribution in [0, 0.1) is 5.92 Å². The van der Waals surface area contributed by atoms with E-state index in [0.29, 0.717) is 25.4 Å². The highest BCUT2D eigenvalue weighted by molar-refractivity contribution is 5.82. The lowest BCUT2D eigenvalue weighted by Gasteiger charge is -2.32. The Bertz CT molecular complexity index is 510. The Morgan fingerprint density at radius 2 is 1.91 bits per heavy atom. The van der Waals surface area contributed by atoms with Crippen LogP contribution < -0.4 is 5.32 Å². The van der Waals surface area contributed by atoms with Crippen LogP contribution in [0.15, 0.2) is 30.3 Å². The van der Waals surface area contributed by atoms with Crippen molar-refractivity contribution in [2.24, 2.45) is 5.92 Å². The van der Waals surface area contributed by atoms with Crippen molar-refractivity contribution in [3.63, 3.8) is 0 Å². The van der Waals surface area contributed by atoms with Crippen LogP contribution in [0.2, 0.25) is 0 Å². The van der Waals surface area contributed by atoms with E-state index in [1.165, 1.54) is 5.56 Å². The van der Waals surface area contributed by atoms with Gasteiger partial charge in [0.2, 0.25) is 0 Å².